The lowest BCUT2D eigenvalue weighted by Crippen LogP contribution is -2.69. The van der Waals surface area contributed by atoms with E-state index >= 15 is 0 Å². The molecule has 11 heteroatoms. The summed E-state index contributed by atoms with van der Waals surface area (Å²) < 4.78 is 16.9. The minimum atomic E-state index is -1.43. The van der Waals surface area contributed by atoms with Crippen LogP contribution in [0.5, 0.6) is 0 Å². The van der Waals surface area contributed by atoms with Crippen LogP contribution in [0.2, 0.25) is 0 Å². The molecule has 1 saturated heterocycles. The smallest absolute Gasteiger partial charge is 0.331 e. The second kappa shape index (κ2) is 9.72. The first kappa shape index (κ1) is 28.5. The maximum atomic E-state index is 12.4. The first-order valence-corrected chi connectivity index (χ1v) is 14.7. The number of cyclic esters (lactones) is 1. The van der Waals surface area contributed by atoms with Gasteiger partial charge in [-0.3, -0.25) is 0 Å². The normalized spacial score (nSPS) is 54.4. The molecule has 0 spiro atoms. The maximum absolute atomic E-state index is 12.4. The van der Waals surface area contributed by atoms with Crippen molar-refractivity contribution < 1.29 is 49.7 Å². The highest BCUT2D eigenvalue weighted by Crippen LogP contribution is 2.70. The van der Waals surface area contributed by atoms with Gasteiger partial charge in [-0.2, -0.15) is 0 Å². The Morgan fingerprint density at radius 2 is 1.75 bits per heavy atom. The van der Waals surface area contributed by atoms with Gasteiger partial charge in [-0.15, -0.1) is 5.16 Å². The first-order chi connectivity index (χ1) is 18.9. The standard InChI is InChI=1S/C29H43NO10/c1-15-22(32)23(33)24(34)25(39-15)40-17-3-8-27(14-30-37)19-4-7-26(2)18(16-11-21(31)38-13-16)6-10-29(26,36)20(19)5-9-28(27,35)12-17/h11,14-15,17-20,22-25,32-37H,3-10,12-13H2,1-2H3/b30-14+/t15?,17?,18-,19-,20?,22-,23?,24?,25?,26+,27-,28?,29?/m0/s1. The summed E-state index contributed by atoms with van der Waals surface area (Å²) in [4.78, 5) is 11.8. The zero-order chi connectivity index (χ0) is 28.7. The van der Waals surface area contributed by atoms with E-state index in [1.165, 1.54) is 6.21 Å². The Hall–Kier alpha value is -1.60. The van der Waals surface area contributed by atoms with Crippen molar-refractivity contribution >= 4 is 12.2 Å². The van der Waals surface area contributed by atoms with Gasteiger partial charge in [0, 0.05) is 23.3 Å². The van der Waals surface area contributed by atoms with Gasteiger partial charge >= 0.3 is 5.97 Å². The number of ether oxygens (including phenoxy) is 3. The van der Waals surface area contributed by atoms with Gasteiger partial charge in [-0.25, -0.2) is 4.79 Å². The molecule has 6 rings (SSSR count). The number of aliphatic hydroxyl groups excluding tert-OH is 3. The largest absolute Gasteiger partial charge is 0.458 e. The van der Waals surface area contributed by atoms with Crippen LogP contribution in [-0.2, 0) is 19.0 Å². The van der Waals surface area contributed by atoms with E-state index in [9.17, 15) is 35.5 Å². The molecule has 40 heavy (non-hydrogen) atoms. The van der Waals surface area contributed by atoms with Gasteiger partial charge in [0.15, 0.2) is 6.29 Å². The summed E-state index contributed by atoms with van der Waals surface area (Å²) in [6, 6.07) is 0. The minimum Gasteiger partial charge on any atom is -0.458 e. The summed E-state index contributed by atoms with van der Waals surface area (Å²) in [5.74, 6) is -0.514. The molecular weight excluding hydrogens is 522 g/mol. The number of esters is 1. The zero-order valence-corrected chi connectivity index (χ0v) is 23.2. The Labute approximate surface area is 233 Å². The van der Waals surface area contributed by atoms with E-state index in [1.54, 1.807) is 13.0 Å². The molecule has 5 fully saturated rings. The molecule has 2 aliphatic heterocycles. The molecule has 11 nitrogen and oxygen atoms in total. The van der Waals surface area contributed by atoms with Gasteiger partial charge in [0.25, 0.3) is 0 Å². The molecule has 0 amide bonds. The zero-order valence-electron chi connectivity index (χ0n) is 23.2. The molecule has 0 aromatic carbocycles. The van der Waals surface area contributed by atoms with Crippen molar-refractivity contribution in [1.29, 1.82) is 0 Å². The molecule has 2 heterocycles. The Kier molecular flexibility index (Phi) is 6.93. The number of aliphatic hydroxyl groups is 5. The SMILES string of the molecule is CC1OC(OC2CC[C@]3(/C=N/O)[C@H]4CC[C@]5(C)[C@H](C6=CC(=O)OC6)CCC5(O)C4CCC3(O)C2)C(O)C(O)[C@H]1O. The van der Waals surface area contributed by atoms with E-state index in [0.717, 1.165) is 18.4 Å². The summed E-state index contributed by atoms with van der Waals surface area (Å²) in [5.41, 5.74) is -2.62. The summed E-state index contributed by atoms with van der Waals surface area (Å²) in [6.45, 7) is 4.00. The fraction of sp³-hybridized carbons (Fsp3) is 0.862. The van der Waals surface area contributed by atoms with Crippen molar-refractivity contribution in [1.82, 2.24) is 0 Å². The summed E-state index contributed by atoms with van der Waals surface area (Å²) in [7, 11) is 0. The van der Waals surface area contributed by atoms with Crippen molar-refractivity contribution in [2.45, 2.75) is 120 Å². The summed E-state index contributed by atoms with van der Waals surface area (Å²) >= 11 is 0. The van der Waals surface area contributed by atoms with Crippen LogP contribution in [0.4, 0.5) is 0 Å². The van der Waals surface area contributed by atoms with Crippen LogP contribution in [0.15, 0.2) is 16.8 Å². The molecule has 0 radical (unpaired) electrons. The van der Waals surface area contributed by atoms with E-state index in [1.807, 2.05) is 0 Å². The van der Waals surface area contributed by atoms with Crippen molar-refractivity contribution in [2.75, 3.05) is 6.61 Å². The summed E-state index contributed by atoms with van der Waals surface area (Å²) in [6.07, 6.45) is 1.55. The van der Waals surface area contributed by atoms with Gasteiger partial charge in [-0.05, 0) is 81.6 Å². The van der Waals surface area contributed by atoms with Gasteiger partial charge in [0.1, 0.15) is 24.9 Å². The molecule has 6 aliphatic rings. The van der Waals surface area contributed by atoms with Crippen LogP contribution in [0.3, 0.4) is 0 Å². The minimum absolute atomic E-state index is 0.0514. The average Bonchev–Trinajstić information content (AvgIpc) is 3.46. The van der Waals surface area contributed by atoms with Gasteiger partial charge in [-0.1, -0.05) is 6.92 Å². The Morgan fingerprint density at radius 3 is 2.45 bits per heavy atom. The van der Waals surface area contributed by atoms with E-state index < -0.39 is 58.8 Å². The van der Waals surface area contributed by atoms with Crippen molar-refractivity contribution in [3.63, 3.8) is 0 Å². The van der Waals surface area contributed by atoms with Crippen LogP contribution in [0.1, 0.15) is 71.6 Å². The number of carbonyl (C=O) groups is 1. The molecule has 6 N–H and O–H groups in total. The number of hydrogen-bond donors (Lipinski definition) is 6. The van der Waals surface area contributed by atoms with Gasteiger partial charge < -0.3 is 45.0 Å². The Balaban J connectivity index is 1.24. The van der Waals surface area contributed by atoms with E-state index in [0.29, 0.717) is 38.5 Å². The molecule has 13 atom stereocenters. The lowest BCUT2D eigenvalue weighted by molar-refractivity contribution is -0.316. The first-order valence-electron chi connectivity index (χ1n) is 14.7. The third-order valence-corrected chi connectivity index (χ3v) is 12.0. The monoisotopic (exact) mass is 565 g/mol. The number of nitrogens with zero attached hydrogens (tertiary/aromatic N) is 1. The van der Waals surface area contributed by atoms with Gasteiger partial charge in [0.05, 0.1) is 29.6 Å². The summed E-state index contributed by atoms with van der Waals surface area (Å²) in [5, 5.41) is 68.7. The van der Waals surface area contributed by atoms with E-state index in [4.69, 9.17) is 14.2 Å². The second-order valence-corrected chi connectivity index (χ2v) is 13.5. The highest BCUT2D eigenvalue weighted by molar-refractivity contribution is 5.85. The van der Waals surface area contributed by atoms with Crippen LogP contribution >= 0.6 is 0 Å². The lowest BCUT2D eigenvalue weighted by Gasteiger charge is -2.65. The number of hydrogen-bond acceptors (Lipinski definition) is 11. The predicted molar refractivity (Wildman–Crippen MR) is 139 cm³/mol. The molecule has 8 unspecified atom stereocenters. The number of oxime groups is 1. The quantitative estimate of drug-likeness (QED) is 0.0947. The van der Waals surface area contributed by atoms with Crippen LogP contribution in [-0.4, -0.2) is 97.5 Å². The molecule has 0 aromatic rings. The van der Waals surface area contributed by atoms with Gasteiger partial charge in [0.2, 0.25) is 0 Å². The van der Waals surface area contributed by atoms with Crippen LogP contribution in [0, 0.1) is 28.6 Å². The number of rotatable bonds is 4. The van der Waals surface area contributed by atoms with Crippen LogP contribution in [0.25, 0.3) is 0 Å². The Bertz CT molecular complexity index is 1080. The molecular formula is C29H43NO10. The van der Waals surface area contributed by atoms with Crippen molar-refractivity contribution in [3.8, 4) is 0 Å². The van der Waals surface area contributed by atoms with Crippen LogP contribution < -0.4 is 0 Å². The fourth-order valence-electron chi connectivity index (χ4n) is 9.88. The third-order valence-electron chi connectivity index (χ3n) is 12.0. The maximum Gasteiger partial charge on any atom is 0.331 e. The van der Waals surface area contributed by atoms with E-state index in [2.05, 4.69) is 12.1 Å². The molecule has 224 valence electrons. The van der Waals surface area contributed by atoms with Crippen molar-refractivity contribution in [2.24, 2.45) is 33.7 Å². The molecule has 0 bridgehead atoms. The highest BCUT2D eigenvalue weighted by Gasteiger charge is 2.71. The third kappa shape index (κ3) is 3.88. The topological polar surface area (TPSA) is 178 Å². The molecule has 4 saturated carbocycles. The average molecular weight is 566 g/mol. The lowest BCUT2D eigenvalue weighted by atomic mass is 9.41. The fourth-order valence-corrected chi connectivity index (χ4v) is 9.88. The Morgan fingerprint density at radius 1 is 1.00 bits per heavy atom. The predicted octanol–water partition coefficient (Wildman–Crippen LogP) is 1.01. The van der Waals surface area contributed by atoms with Crippen molar-refractivity contribution in [3.05, 3.63) is 11.6 Å². The second-order valence-electron chi connectivity index (χ2n) is 13.5. The highest BCUT2D eigenvalue weighted by atomic mass is 16.7. The number of fused-ring (bicyclic) bond motifs is 5. The van der Waals surface area contributed by atoms with E-state index in [-0.39, 0.29) is 36.8 Å². The number of carbonyl (C=O) groups excluding carboxylic acids is 1. The molecule has 0 aromatic heterocycles. The molecule has 4 aliphatic carbocycles.